The van der Waals surface area contributed by atoms with Gasteiger partial charge in [0.25, 0.3) is 0 Å². The molecule has 2 aliphatic rings. The second-order valence-corrected chi connectivity index (χ2v) is 6.40. The number of hydrogen-bond donors (Lipinski definition) is 1. The lowest BCUT2D eigenvalue weighted by Crippen LogP contribution is -2.39. The second-order valence-electron chi connectivity index (χ2n) is 6.40. The van der Waals surface area contributed by atoms with E-state index in [0.717, 1.165) is 19.4 Å². The van der Waals surface area contributed by atoms with Gasteiger partial charge in [0, 0.05) is 18.5 Å². The Hall–Kier alpha value is -1.80. The summed E-state index contributed by atoms with van der Waals surface area (Å²) < 4.78 is 0. The van der Waals surface area contributed by atoms with Crippen molar-refractivity contribution in [2.45, 2.75) is 31.2 Å². The fourth-order valence-corrected chi connectivity index (χ4v) is 4.15. The van der Waals surface area contributed by atoms with E-state index in [9.17, 15) is 5.11 Å². The Labute approximate surface area is 126 Å². The molecule has 0 fully saturated rings. The average Bonchev–Trinajstić information content (AvgIpc) is 2.65. The first kappa shape index (κ1) is 12.9. The molecule has 0 unspecified atom stereocenters. The van der Waals surface area contributed by atoms with E-state index in [4.69, 9.17) is 0 Å². The number of aromatic hydroxyl groups is 1. The minimum absolute atomic E-state index is 0.389. The number of phenolic OH excluding ortho intramolecular Hbond substituents is 1. The van der Waals surface area contributed by atoms with Crippen molar-refractivity contribution in [1.29, 1.82) is 0 Å². The number of benzene rings is 2. The quantitative estimate of drug-likeness (QED) is 0.799. The van der Waals surface area contributed by atoms with E-state index >= 15 is 0 Å². The molecule has 0 radical (unpaired) electrons. The van der Waals surface area contributed by atoms with Gasteiger partial charge in [-0.15, -0.1) is 0 Å². The molecule has 2 nitrogen and oxygen atoms in total. The number of nitrogens with zero attached hydrogens (tertiary/aromatic N) is 1. The Kier molecular flexibility index (Phi) is 3.00. The molecule has 108 valence electrons. The molecule has 0 amide bonds. The van der Waals surface area contributed by atoms with Crippen LogP contribution < -0.4 is 0 Å². The average molecular weight is 279 g/mol. The van der Waals surface area contributed by atoms with Gasteiger partial charge < -0.3 is 10.0 Å². The lowest BCUT2D eigenvalue weighted by atomic mass is 9.74. The van der Waals surface area contributed by atoms with Gasteiger partial charge in [-0.05, 0) is 60.7 Å². The highest BCUT2D eigenvalue weighted by Crippen LogP contribution is 2.42. The zero-order chi connectivity index (χ0) is 14.4. The summed E-state index contributed by atoms with van der Waals surface area (Å²) in [5.74, 6) is 0.782. The molecule has 0 saturated heterocycles. The summed E-state index contributed by atoms with van der Waals surface area (Å²) in [6.07, 6.45) is 3.43. The van der Waals surface area contributed by atoms with Crippen molar-refractivity contribution in [3.63, 3.8) is 0 Å². The zero-order valence-electron chi connectivity index (χ0n) is 12.4. The Morgan fingerprint density at radius 3 is 2.71 bits per heavy atom. The topological polar surface area (TPSA) is 23.5 Å². The van der Waals surface area contributed by atoms with Crippen LogP contribution >= 0.6 is 0 Å². The van der Waals surface area contributed by atoms with Crippen molar-refractivity contribution in [2.24, 2.45) is 0 Å². The van der Waals surface area contributed by atoms with Gasteiger partial charge in [0.1, 0.15) is 5.75 Å². The van der Waals surface area contributed by atoms with Crippen LogP contribution in [0.25, 0.3) is 0 Å². The fraction of sp³-hybridized carbons (Fsp3) is 0.368. The minimum atomic E-state index is 0.389. The Morgan fingerprint density at radius 1 is 1.00 bits per heavy atom. The summed E-state index contributed by atoms with van der Waals surface area (Å²) in [4.78, 5) is 2.51. The Morgan fingerprint density at radius 2 is 1.81 bits per heavy atom. The highest BCUT2D eigenvalue weighted by Gasteiger charge is 2.36. The number of hydrogen-bond acceptors (Lipinski definition) is 2. The molecule has 2 atom stereocenters. The zero-order valence-corrected chi connectivity index (χ0v) is 12.4. The van der Waals surface area contributed by atoms with E-state index < -0.39 is 0 Å². The maximum absolute atomic E-state index is 9.97. The number of rotatable bonds is 0. The monoisotopic (exact) mass is 279 g/mol. The number of phenols is 1. The lowest BCUT2D eigenvalue weighted by molar-refractivity contribution is 0.214. The van der Waals surface area contributed by atoms with E-state index in [0.29, 0.717) is 17.7 Å². The summed E-state index contributed by atoms with van der Waals surface area (Å²) in [6.45, 7) is 1.10. The summed E-state index contributed by atoms with van der Waals surface area (Å²) >= 11 is 0. The third-order valence-corrected chi connectivity index (χ3v) is 5.25. The summed E-state index contributed by atoms with van der Waals surface area (Å²) in [7, 11) is 2.25. The molecule has 1 heterocycles. The molecule has 1 N–H and O–H groups in total. The summed E-state index contributed by atoms with van der Waals surface area (Å²) in [5.41, 5.74) is 5.65. The van der Waals surface area contributed by atoms with Crippen LogP contribution in [0.3, 0.4) is 0 Å². The number of fused-ring (bicyclic) bond motifs is 5. The summed E-state index contributed by atoms with van der Waals surface area (Å²) in [5, 5.41) is 9.97. The first-order valence-electron chi connectivity index (χ1n) is 7.84. The van der Waals surface area contributed by atoms with E-state index in [1.165, 1.54) is 28.7 Å². The third kappa shape index (κ3) is 2.06. The van der Waals surface area contributed by atoms with Gasteiger partial charge >= 0.3 is 0 Å². The Bertz CT molecular complexity index is 679. The van der Waals surface area contributed by atoms with Gasteiger partial charge in [-0.1, -0.05) is 30.3 Å². The van der Waals surface area contributed by atoms with E-state index in [1.807, 2.05) is 12.1 Å². The van der Waals surface area contributed by atoms with Crippen molar-refractivity contribution in [1.82, 2.24) is 4.90 Å². The van der Waals surface area contributed by atoms with Crippen molar-refractivity contribution in [3.8, 4) is 5.75 Å². The SMILES string of the molecule is CN1CCc2ccc(O)cc2[C@H]2c3ccccc3CC[C@@H]21. The van der Waals surface area contributed by atoms with Crippen LogP contribution in [0.4, 0.5) is 0 Å². The van der Waals surface area contributed by atoms with E-state index in [-0.39, 0.29) is 0 Å². The van der Waals surface area contributed by atoms with Crippen molar-refractivity contribution >= 4 is 0 Å². The second kappa shape index (κ2) is 4.88. The third-order valence-electron chi connectivity index (χ3n) is 5.25. The highest BCUT2D eigenvalue weighted by molar-refractivity contribution is 5.48. The molecule has 21 heavy (non-hydrogen) atoms. The Balaban J connectivity index is 1.94. The number of likely N-dealkylation sites (N-methyl/N-ethyl adjacent to an activating group) is 1. The maximum atomic E-state index is 9.97. The van der Waals surface area contributed by atoms with Crippen molar-refractivity contribution in [2.75, 3.05) is 13.6 Å². The predicted octanol–water partition coefficient (Wildman–Crippen LogP) is 3.33. The molecular weight excluding hydrogens is 258 g/mol. The van der Waals surface area contributed by atoms with Crippen molar-refractivity contribution in [3.05, 3.63) is 64.7 Å². The molecule has 0 aromatic heterocycles. The maximum Gasteiger partial charge on any atom is 0.115 e. The normalized spacial score (nSPS) is 24.6. The fourth-order valence-electron chi connectivity index (χ4n) is 4.15. The first-order chi connectivity index (χ1) is 10.2. The van der Waals surface area contributed by atoms with Crippen LogP contribution in [-0.4, -0.2) is 29.6 Å². The van der Waals surface area contributed by atoms with Crippen LogP contribution in [0.1, 0.15) is 34.6 Å². The molecule has 0 saturated carbocycles. The molecule has 4 rings (SSSR count). The van der Waals surface area contributed by atoms with Crippen LogP contribution in [0.2, 0.25) is 0 Å². The standard InChI is InChI=1S/C19H21NO/c1-20-11-10-14-6-8-15(21)12-17(14)19-16-5-3-2-4-13(16)7-9-18(19)20/h2-6,8,12,18-19,21H,7,9-11H2,1H3/t18-,19+/m0/s1. The lowest BCUT2D eigenvalue weighted by Gasteiger charge is -2.38. The van der Waals surface area contributed by atoms with Gasteiger partial charge in [0.05, 0.1) is 0 Å². The molecular formula is C19H21NO. The van der Waals surface area contributed by atoms with Gasteiger partial charge in [-0.2, -0.15) is 0 Å². The molecule has 2 aromatic carbocycles. The predicted molar refractivity (Wildman–Crippen MR) is 84.8 cm³/mol. The highest BCUT2D eigenvalue weighted by atomic mass is 16.3. The molecule has 0 spiro atoms. The smallest absolute Gasteiger partial charge is 0.115 e. The summed E-state index contributed by atoms with van der Waals surface area (Å²) in [6, 6.07) is 15.3. The van der Waals surface area contributed by atoms with Crippen LogP contribution in [0.15, 0.2) is 42.5 Å². The molecule has 0 bridgehead atoms. The molecule has 2 aromatic rings. The van der Waals surface area contributed by atoms with Crippen molar-refractivity contribution < 1.29 is 5.11 Å². The van der Waals surface area contributed by atoms with Crippen LogP contribution in [-0.2, 0) is 12.8 Å². The van der Waals surface area contributed by atoms with Gasteiger partial charge in [0.2, 0.25) is 0 Å². The van der Waals surface area contributed by atoms with Crippen LogP contribution in [0, 0.1) is 0 Å². The van der Waals surface area contributed by atoms with Gasteiger partial charge in [-0.25, -0.2) is 0 Å². The van der Waals surface area contributed by atoms with Gasteiger partial charge in [-0.3, -0.25) is 0 Å². The van der Waals surface area contributed by atoms with Crippen LogP contribution in [0.5, 0.6) is 5.75 Å². The minimum Gasteiger partial charge on any atom is -0.508 e. The van der Waals surface area contributed by atoms with Gasteiger partial charge in [0.15, 0.2) is 0 Å². The first-order valence-corrected chi connectivity index (χ1v) is 7.84. The molecule has 2 heteroatoms. The molecule has 1 aliphatic heterocycles. The number of aryl methyl sites for hydroxylation is 1. The largest absolute Gasteiger partial charge is 0.508 e. The van der Waals surface area contributed by atoms with E-state index in [1.54, 1.807) is 0 Å². The van der Waals surface area contributed by atoms with E-state index in [2.05, 4.69) is 42.3 Å². The molecule has 1 aliphatic carbocycles.